The van der Waals surface area contributed by atoms with Crippen LogP contribution in [0.1, 0.15) is 21.6 Å². The summed E-state index contributed by atoms with van der Waals surface area (Å²) in [5.74, 6) is -0.423. The Hall–Kier alpha value is -2.78. The summed E-state index contributed by atoms with van der Waals surface area (Å²) in [5.41, 5.74) is -0.712. The third-order valence-electron chi connectivity index (χ3n) is 4.02. The van der Waals surface area contributed by atoms with Crippen LogP contribution >= 0.6 is 22.9 Å². The van der Waals surface area contributed by atoms with Gasteiger partial charge in [0.05, 0.1) is 11.8 Å². The zero-order valence-corrected chi connectivity index (χ0v) is 15.5. The fraction of sp³-hybridized carbons (Fsp3) is 0.111. The monoisotopic (exact) mass is 425 g/mol. The first-order valence-corrected chi connectivity index (χ1v) is 9.28. The molecular weight excluding hydrogens is 415 g/mol. The number of rotatable bonds is 4. The molecule has 144 valence electrons. The summed E-state index contributed by atoms with van der Waals surface area (Å²) < 4.78 is 47.0. The summed E-state index contributed by atoms with van der Waals surface area (Å²) in [7, 11) is 0. The van der Waals surface area contributed by atoms with Crippen molar-refractivity contribution in [1.82, 2.24) is 14.7 Å². The second-order valence-electron chi connectivity index (χ2n) is 5.88. The molecule has 0 bridgehead atoms. The lowest BCUT2D eigenvalue weighted by Crippen LogP contribution is -2.23. The largest absolute Gasteiger partial charge is 0.464 e. The standard InChI is InChI=1S/C18H11ClF3N3O2S/c19-15-14(17(26)23-7-10-3-5-28-9-10)24-16-12(18(20,21)22)6-11(8-25(15)16)13-2-1-4-27-13/h1-6,8-9H,7H2,(H,23,26). The van der Waals surface area contributed by atoms with E-state index < -0.39 is 23.3 Å². The van der Waals surface area contributed by atoms with E-state index in [9.17, 15) is 18.0 Å². The number of furan rings is 1. The molecule has 0 aromatic carbocycles. The van der Waals surface area contributed by atoms with Gasteiger partial charge in [-0.15, -0.1) is 0 Å². The molecule has 28 heavy (non-hydrogen) atoms. The van der Waals surface area contributed by atoms with Crippen LogP contribution in [0.5, 0.6) is 0 Å². The highest BCUT2D eigenvalue weighted by Gasteiger charge is 2.36. The number of halogens is 4. The Balaban J connectivity index is 1.79. The van der Waals surface area contributed by atoms with Gasteiger partial charge in [0.1, 0.15) is 10.9 Å². The van der Waals surface area contributed by atoms with Gasteiger partial charge in [0.15, 0.2) is 11.3 Å². The number of fused-ring (bicyclic) bond motifs is 1. The highest BCUT2D eigenvalue weighted by Crippen LogP contribution is 2.37. The summed E-state index contributed by atoms with van der Waals surface area (Å²) in [6.45, 7) is 0.219. The molecule has 1 amide bonds. The number of hydrogen-bond acceptors (Lipinski definition) is 4. The number of carbonyl (C=O) groups is 1. The van der Waals surface area contributed by atoms with Crippen molar-refractivity contribution in [3.8, 4) is 11.3 Å². The SMILES string of the molecule is O=C(NCc1ccsc1)c1nc2c(C(F)(F)F)cc(-c3ccco3)cn2c1Cl. The van der Waals surface area contributed by atoms with E-state index in [1.54, 1.807) is 6.07 Å². The van der Waals surface area contributed by atoms with Gasteiger partial charge >= 0.3 is 6.18 Å². The average Bonchev–Trinajstić information content (AvgIpc) is 3.40. The topological polar surface area (TPSA) is 59.5 Å². The van der Waals surface area contributed by atoms with E-state index in [0.717, 1.165) is 16.0 Å². The van der Waals surface area contributed by atoms with E-state index in [4.69, 9.17) is 16.0 Å². The van der Waals surface area contributed by atoms with E-state index >= 15 is 0 Å². The molecule has 0 saturated heterocycles. The molecule has 0 saturated carbocycles. The van der Waals surface area contributed by atoms with Crippen molar-refractivity contribution < 1.29 is 22.4 Å². The molecule has 4 rings (SSSR count). The van der Waals surface area contributed by atoms with Crippen LogP contribution in [0.2, 0.25) is 5.15 Å². The third-order valence-corrected chi connectivity index (χ3v) is 5.11. The van der Waals surface area contributed by atoms with Gasteiger partial charge in [0.25, 0.3) is 5.91 Å². The van der Waals surface area contributed by atoms with Crippen molar-refractivity contribution >= 4 is 34.5 Å². The van der Waals surface area contributed by atoms with Crippen molar-refractivity contribution in [2.24, 2.45) is 0 Å². The summed E-state index contributed by atoms with van der Waals surface area (Å²) in [6.07, 6.45) is -1.98. The van der Waals surface area contributed by atoms with Crippen LogP contribution < -0.4 is 5.32 Å². The summed E-state index contributed by atoms with van der Waals surface area (Å²) in [4.78, 5) is 16.3. The molecular formula is C18H11ClF3N3O2S. The Labute approximate surface area is 165 Å². The summed E-state index contributed by atoms with van der Waals surface area (Å²) in [5, 5.41) is 6.10. The van der Waals surface area contributed by atoms with Crippen LogP contribution in [0, 0.1) is 0 Å². The van der Waals surface area contributed by atoms with Crippen LogP contribution in [0.15, 0.2) is 51.9 Å². The second kappa shape index (κ2) is 6.99. The minimum Gasteiger partial charge on any atom is -0.464 e. The maximum atomic E-state index is 13.6. The number of amides is 1. The minimum absolute atomic E-state index is 0.161. The summed E-state index contributed by atoms with van der Waals surface area (Å²) in [6, 6.07) is 5.84. The number of nitrogens with zero attached hydrogens (tertiary/aromatic N) is 2. The molecule has 0 aliphatic heterocycles. The first-order valence-electron chi connectivity index (χ1n) is 7.96. The lowest BCUT2D eigenvalue weighted by atomic mass is 10.1. The Morgan fingerprint density at radius 1 is 1.36 bits per heavy atom. The lowest BCUT2D eigenvalue weighted by molar-refractivity contribution is -0.136. The van der Waals surface area contributed by atoms with E-state index in [0.29, 0.717) is 0 Å². The molecule has 0 spiro atoms. The van der Waals surface area contributed by atoms with Crippen LogP contribution in [-0.2, 0) is 12.7 Å². The van der Waals surface area contributed by atoms with Crippen molar-refractivity contribution in [3.63, 3.8) is 0 Å². The number of thiophene rings is 1. The molecule has 4 aromatic rings. The van der Waals surface area contributed by atoms with Crippen LogP contribution in [0.25, 0.3) is 17.0 Å². The highest BCUT2D eigenvalue weighted by atomic mass is 35.5. The number of nitrogens with one attached hydrogen (secondary N) is 1. The fourth-order valence-corrected chi connectivity index (χ4v) is 3.63. The van der Waals surface area contributed by atoms with Gasteiger partial charge in [-0.05, 0) is 40.6 Å². The Bertz CT molecular complexity index is 1140. The first kappa shape index (κ1) is 18.6. The third kappa shape index (κ3) is 3.38. The number of alkyl halides is 3. The molecule has 1 N–H and O–H groups in total. The molecule has 4 aromatic heterocycles. The zero-order chi connectivity index (χ0) is 19.9. The molecule has 4 heterocycles. The molecule has 0 fully saturated rings. The van der Waals surface area contributed by atoms with Gasteiger partial charge < -0.3 is 9.73 Å². The lowest BCUT2D eigenvalue weighted by Gasteiger charge is -2.10. The molecule has 10 heteroatoms. The average molecular weight is 426 g/mol. The normalized spacial score (nSPS) is 11.9. The summed E-state index contributed by atoms with van der Waals surface area (Å²) >= 11 is 7.68. The smallest absolute Gasteiger partial charge is 0.420 e. The van der Waals surface area contributed by atoms with Crippen molar-refractivity contribution in [3.05, 3.63) is 69.5 Å². The Kier molecular flexibility index (Phi) is 4.64. The van der Waals surface area contributed by atoms with E-state index in [1.807, 2.05) is 16.8 Å². The van der Waals surface area contributed by atoms with E-state index in [1.165, 1.54) is 29.9 Å². The van der Waals surface area contributed by atoms with E-state index in [-0.39, 0.29) is 28.7 Å². The fourth-order valence-electron chi connectivity index (χ4n) is 2.71. The Morgan fingerprint density at radius 3 is 2.82 bits per heavy atom. The number of imidazole rings is 1. The first-order chi connectivity index (χ1) is 13.3. The van der Waals surface area contributed by atoms with Gasteiger partial charge in [-0.2, -0.15) is 24.5 Å². The van der Waals surface area contributed by atoms with Gasteiger partial charge in [0.2, 0.25) is 0 Å². The minimum atomic E-state index is -4.69. The number of hydrogen-bond donors (Lipinski definition) is 1. The van der Waals surface area contributed by atoms with Gasteiger partial charge in [-0.3, -0.25) is 9.20 Å². The maximum Gasteiger partial charge on any atom is 0.420 e. The number of pyridine rings is 1. The van der Waals surface area contributed by atoms with Gasteiger partial charge in [-0.25, -0.2) is 4.98 Å². The van der Waals surface area contributed by atoms with E-state index in [2.05, 4.69) is 10.3 Å². The predicted octanol–water partition coefficient (Wildman–Crippen LogP) is 5.26. The zero-order valence-electron chi connectivity index (χ0n) is 14.0. The van der Waals surface area contributed by atoms with Crippen molar-refractivity contribution in [2.75, 3.05) is 0 Å². The molecule has 0 unspecified atom stereocenters. The quantitative estimate of drug-likeness (QED) is 0.485. The van der Waals surface area contributed by atoms with Crippen LogP contribution in [-0.4, -0.2) is 15.3 Å². The number of carbonyl (C=O) groups excluding carboxylic acids is 1. The second-order valence-corrected chi connectivity index (χ2v) is 7.01. The molecule has 0 atom stereocenters. The molecule has 5 nitrogen and oxygen atoms in total. The van der Waals surface area contributed by atoms with Crippen LogP contribution in [0.3, 0.4) is 0 Å². The van der Waals surface area contributed by atoms with Crippen molar-refractivity contribution in [2.45, 2.75) is 12.7 Å². The molecule has 0 radical (unpaired) electrons. The number of aromatic nitrogens is 2. The van der Waals surface area contributed by atoms with Gasteiger partial charge in [0, 0.05) is 18.3 Å². The molecule has 0 aliphatic rings. The maximum absolute atomic E-state index is 13.6. The van der Waals surface area contributed by atoms with Gasteiger partial charge in [-0.1, -0.05) is 11.6 Å². The van der Waals surface area contributed by atoms with Crippen LogP contribution in [0.4, 0.5) is 13.2 Å². The predicted molar refractivity (Wildman–Crippen MR) is 98.4 cm³/mol. The van der Waals surface area contributed by atoms with Crippen molar-refractivity contribution in [1.29, 1.82) is 0 Å². The highest BCUT2D eigenvalue weighted by molar-refractivity contribution is 7.07. The molecule has 0 aliphatic carbocycles. The Morgan fingerprint density at radius 2 is 2.18 bits per heavy atom.